The summed E-state index contributed by atoms with van der Waals surface area (Å²) in [5.74, 6) is 0.122. The molecule has 7 heteroatoms. The number of benzene rings is 1. The predicted octanol–water partition coefficient (Wildman–Crippen LogP) is 2.02. The fourth-order valence-electron chi connectivity index (χ4n) is 1.30. The first kappa shape index (κ1) is 14.8. The molecule has 5 nitrogen and oxygen atoms in total. The first-order valence-electron chi connectivity index (χ1n) is 5.37. The van der Waals surface area contributed by atoms with Gasteiger partial charge in [0.1, 0.15) is 0 Å². The first-order valence-corrected chi connectivity index (χ1v) is 7.56. The van der Waals surface area contributed by atoms with Crippen molar-refractivity contribution in [2.45, 2.75) is 13.3 Å². The van der Waals surface area contributed by atoms with E-state index in [1.165, 1.54) is 6.92 Å². The molecule has 0 spiro atoms. The van der Waals surface area contributed by atoms with E-state index in [1.54, 1.807) is 24.3 Å². The Hall–Kier alpha value is -1.27. The van der Waals surface area contributed by atoms with Crippen LogP contribution in [0.2, 0.25) is 0 Å². The van der Waals surface area contributed by atoms with Gasteiger partial charge in [0.2, 0.25) is 15.9 Å². The maximum atomic E-state index is 11.6. The van der Waals surface area contributed by atoms with Crippen LogP contribution in [0.3, 0.4) is 0 Å². The van der Waals surface area contributed by atoms with Crippen molar-refractivity contribution >= 4 is 38.9 Å². The molecule has 0 fully saturated rings. The largest absolute Gasteiger partial charge is 0.326 e. The molecule has 0 saturated carbocycles. The molecule has 0 heterocycles. The summed E-state index contributed by atoms with van der Waals surface area (Å²) in [5.41, 5.74) is 1.07. The van der Waals surface area contributed by atoms with Gasteiger partial charge < -0.3 is 5.32 Å². The Morgan fingerprint density at radius 1 is 1.22 bits per heavy atom. The van der Waals surface area contributed by atoms with E-state index in [9.17, 15) is 13.2 Å². The summed E-state index contributed by atoms with van der Waals surface area (Å²) in [6.07, 6.45) is 0.404. The molecule has 0 bridgehead atoms. The van der Waals surface area contributed by atoms with Gasteiger partial charge in [0, 0.05) is 24.2 Å². The summed E-state index contributed by atoms with van der Waals surface area (Å²) >= 11 is 5.45. The van der Waals surface area contributed by atoms with Crippen LogP contribution in [0.4, 0.5) is 11.4 Å². The lowest BCUT2D eigenvalue weighted by molar-refractivity contribution is -0.114. The smallest absolute Gasteiger partial charge is 0.232 e. The Labute approximate surface area is 112 Å². The number of carbonyl (C=O) groups excluding carboxylic acids is 1. The number of rotatable bonds is 6. The molecular weight excluding hydrogens is 276 g/mol. The quantitative estimate of drug-likeness (QED) is 0.787. The van der Waals surface area contributed by atoms with Crippen LogP contribution in [-0.2, 0) is 14.8 Å². The van der Waals surface area contributed by atoms with E-state index >= 15 is 0 Å². The minimum atomic E-state index is -3.35. The van der Waals surface area contributed by atoms with Gasteiger partial charge in [0.25, 0.3) is 0 Å². The summed E-state index contributed by atoms with van der Waals surface area (Å²) in [5, 5.41) is 2.60. The van der Waals surface area contributed by atoms with E-state index in [2.05, 4.69) is 10.0 Å². The lowest BCUT2D eigenvalue weighted by Gasteiger charge is -2.08. The van der Waals surface area contributed by atoms with Crippen molar-refractivity contribution in [3.63, 3.8) is 0 Å². The number of carbonyl (C=O) groups is 1. The highest BCUT2D eigenvalue weighted by molar-refractivity contribution is 7.92. The predicted molar refractivity (Wildman–Crippen MR) is 73.5 cm³/mol. The molecule has 100 valence electrons. The molecule has 1 aromatic rings. The standard InChI is InChI=1S/C11H15ClN2O3S/c1-9(15)13-10-3-5-11(6-4-10)14-18(16,17)8-2-7-12/h3-6,14H,2,7-8H2,1H3,(H,13,15). The van der Waals surface area contributed by atoms with E-state index in [0.717, 1.165) is 0 Å². The summed E-state index contributed by atoms with van der Waals surface area (Å²) in [7, 11) is -3.35. The normalized spacial score (nSPS) is 11.0. The molecule has 0 atom stereocenters. The maximum Gasteiger partial charge on any atom is 0.232 e. The molecule has 0 aliphatic carbocycles. The van der Waals surface area contributed by atoms with E-state index < -0.39 is 10.0 Å². The van der Waals surface area contributed by atoms with Gasteiger partial charge >= 0.3 is 0 Å². The minimum absolute atomic E-state index is 0.00997. The molecule has 0 saturated heterocycles. The highest BCUT2D eigenvalue weighted by Crippen LogP contribution is 2.15. The summed E-state index contributed by atoms with van der Waals surface area (Å²) in [6, 6.07) is 6.43. The van der Waals surface area contributed by atoms with Gasteiger partial charge in [-0.05, 0) is 30.7 Å². The maximum absolute atomic E-state index is 11.6. The number of amides is 1. The number of alkyl halides is 1. The zero-order valence-corrected chi connectivity index (χ0v) is 11.5. The van der Waals surface area contributed by atoms with Crippen LogP contribution < -0.4 is 10.0 Å². The summed E-state index contributed by atoms with van der Waals surface area (Å²) < 4.78 is 25.6. The summed E-state index contributed by atoms with van der Waals surface area (Å²) in [4.78, 5) is 10.8. The van der Waals surface area contributed by atoms with Gasteiger partial charge in [-0.3, -0.25) is 9.52 Å². The van der Waals surface area contributed by atoms with Crippen LogP contribution in [0.15, 0.2) is 24.3 Å². The van der Waals surface area contributed by atoms with Crippen molar-refractivity contribution in [3.8, 4) is 0 Å². The SMILES string of the molecule is CC(=O)Nc1ccc(NS(=O)(=O)CCCCl)cc1. The fourth-order valence-corrected chi connectivity index (χ4v) is 2.71. The Bertz CT molecular complexity index is 500. The number of sulfonamides is 1. The number of hydrogen-bond acceptors (Lipinski definition) is 3. The van der Waals surface area contributed by atoms with Crippen molar-refractivity contribution in [2.24, 2.45) is 0 Å². The highest BCUT2D eigenvalue weighted by Gasteiger charge is 2.09. The van der Waals surface area contributed by atoms with Gasteiger partial charge in [-0.1, -0.05) is 0 Å². The molecule has 0 radical (unpaired) electrons. The van der Waals surface area contributed by atoms with Crippen molar-refractivity contribution in [1.82, 2.24) is 0 Å². The van der Waals surface area contributed by atoms with Gasteiger partial charge in [-0.25, -0.2) is 8.42 Å². The Morgan fingerprint density at radius 2 is 1.78 bits per heavy atom. The minimum Gasteiger partial charge on any atom is -0.326 e. The van der Waals surface area contributed by atoms with E-state index in [1.807, 2.05) is 0 Å². The van der Waals surface area contributed by atoms with Crippen LogP contribution >= 0.6 is 11.6 Å². The third-order valence-electron chi connectivity index (χ3n) is 2.03. The van der Waals surface area contributed by atoms with Gasteiger partial charge in [0.05, 0.1) is 5.75 Å². The second kappa shape index (κ2) is 6.61. The molecule has 18 heavy (non-hydrogen) atoms. The average molecular weight is 291 g/mol. The number of halogens is 1. The van der Waals surface area contributed by atoms with Gasteiger partial charge in [-0.15, -0.1) is 11.6 Å². The topological polar surface area (TPSA) is 75.3 Å². The average Bonchev–Trinajstić information content (AvgIpc) is 2.28. The van der Waals surface area contributed by atoms with E-state index in [0.29, 0.717) is 23.7 Å². The monoisotopic (exact) mass is 290 g/mol. The Kier molecular flexibility index (Phi) is 5.43. The van der Waals surface area contributed by atoms with Gasteiger partial charge in [-0.2, -0.15) is 0 Å². The van der Waals surface area contributed by atoms with Crippen LogP contribution in [0, 0.1) is 0 Å². The van der Waals surface area contributed by atoms with Crippen molar-refractivity contribution < 1.29 is 13.2 Å². The molecular formula is C11H15ClN2O3S. The second-order valence-corrected chi connectivity index (χ2v) is 5.94. The molecule has 0 aliphatic heterocycles. The van der Waals surface area contributed by atoms with Crippen LogP contribution in [0.5, 0.6) is 0 Å². The fraction of sp³-hybridized carbons (Fsp3) is 0.364. The summed E-state index contributed by atoms with van der Waals surface area (Å²) in [6.45, 7) is 1.41. The van der Waals surface area contributed by atoms with Gasteiger partial charge in [0.15, 0.2) is 0 Å². The molecule has 2 N–H and O–H groups in total. The third kappa shape index (κ3) is 5.37. The van der Waals surface area contributed by atoms with Crippen LogP contribution in [0.25, 0.3) is 0 Å². The molecule has 1 aromatic carbocycles. The Balaban J connectivity index is 2.66. The molecule has 0 aliphatic rings. The Morgan fingerprint density at radius 3 is 2.28 bits per heavy atom. The van der Waals surface area contributed by atoms with Crippen LogP contribution in [-0.4, -0.2) is 26.0 Å². The third-order valence-corrected chi connectivity index (χ3v) is 3.67. The number of anilines is 2. The molecule has 1 rings (SSSR count). The number of nitrogens with one attached hydrogen (secondary N) is 2. The van der Waals surface area contributed by atoms with Crippen LogP contribution in [0.1, 0.15) is 13.3 Å². The van der Waals surface area contributed by atoms with Crippen molar-refractivity contribution in [2.75, 3.05) is 21.7 Å². The van der Waals surface area contributed by atoms with E-state index in [-0.39, 0.29) is 11.7 Å². The first-order chi connectivity index (χ1) is 8.43. The van der Waals surface area contributed by atoms with Crippen molar-refractivity contribution in [1.29, 1.82) is 0 Å². The van der Waals surface area contributed by atoms with E-state index in [4.69, 9.17) is 11.6 Å². The number of hydrogen-bond donors (Lipinski definition) is 2. The lowest BCUT2D eigenvalue weighted by atomic mass is 10.3. The second-order valence-electron chi connectivity index (χ2n) is 3.72. The zero-order valence-electron chi connectivity index (χ0n) is 9.94. The highest BCUT2D eigenvalue weighted by atomic mass is 35.5. The lowest BCUT2D eigenvalue weighted by Crippen LogP contribution is -2.17. The molecule has 1 amide bonds. The molecule has 0 unspecified atom stereocenters. The zero-order chi connectivity index (χ0) is 13.6. The van der Waals surface area contributed by atoms with Crippen molar-refractivity contribution in [3.05, 3.63) is 24.3 Å². The molecule has 0 aromatic heterocycles.